The van der Waals surface area contributed by atoms with Gasteiger partial charge in [0.2, 0.25) is 0 Å². The molecule has 29 heavy (non-hydrogen) atoms. The minimum atomic E-state index is -1.18. The summed E-state index contributed by atoms with van der Waals surface area (Å²) in [5.41, 5.74) is 1.80. The third-order valence-corrected chi connectivity index (χ3v) is 4.74. The maximum absolute atomic E-state index is 12.9. The zero-order valence-corrected chi connectivity index (χ0v) is 16.2. The number of anilines is 2. The molecular formula is C24H23NO4. The summed E-state index contributed by atoms with van der Waals surface area (Å²) in [5.74, 6) is -1.88. The van der Waals surface area contributed by atoms with Gasteiger partial charge in [-0.25, -0.2) is 4.79 Å². The first kappa shape index (κ1) is 20.1. The average molecular weight is 389 g/mol. The molecule has 0 radical (unpaired) electrons. The van der Waals surface area contributed by atoms with Crippen molar-refractivity contribution < 1.29 is 19.8 Å². The summed E-state index contributed by atoms with van der Waals surface area (Å²) in [6.07, 6.45) is 2.00. The molecule has 3 aromatic rings. The number of benzene rings is 3. The van der Waals surface area contributed by atoms with Gasteiger partial charge in [-0.15, -0.1) is 0 Å². The minimum absolute atomic E-state index is 0.0500. The molecule has 0 fully saturated rings. The number of carbonyl (C=O) groups is 2. The van der Waals surface area contributed by atoms with Crippen LogP contribution in [0.1, 0.15) is 46.0 Å². The molecule has 0 aliphatic heterocycles. The molecule has 0 heterocycles. The Balaban J connectivity index is 1.97. The molecule has 0 unspecified atom stereocenters. The van der Waals surface area contributed by atoms with E-state index in [-0.39, 0.29) is 22.4 Å². The van der Waals surface area contributed by atoms with E-state index in [9.17, 15) is 19.8 Å². The number of carbonyl (C=O) groups excluding carboxylic acids is 1. The number of carboxylic acid groups (broad SMARTS) is 1. The molecule has 0 bridgehead atoms. The second-order valence-corrected chi connectivity index (χ2v) is 6.72. The van der Waals surface area contributed by atoms with Crippen LogP contribution in [0, 0.1) is 0 Å². The number of hydrogen-bond donors (Lipinski definition) is 2. The fraction of sp³-hybridized carbons (Fsp3) is 0.167. The van der Waals surface area contributed by atoms with Crippen molar-refractivity contribution in [1.29, 1.82) is 0 Å². The van der Waals surface area contributed by atoms with E-state index in [0.717, 1.165) is 30.8 Å². The maximum Gasteiger partial charge on any atom is 0.336 e. The van der Waals surface area contributed by atoms with E-state index >= 15 is 0 Å². The molecule has 5 heteroatoms. The number of rotatable bonds is 8. The molecule has 0 saturated heterocycles. The Morgan fingerprint density at radius 3 is 2.10 bits per heavy atom. The fourth-order valence-electron chi connectivity index (χ4n) is 3.22. The standard InChI is InChI=1S/C24H23NO4/c1-2-3-15-25(17-9-5-4-6-10-17)18-13-14-21(22(26)16-18)23(27)19-11-7-8-12-20(19)24(28)29/h4-14,16,26H,2-3,15H2,1H3,(H,28,29). The monoisotopic (exact) mass is 389 g/mol. The largest absolute Gasteiger partial charge is 0.507 e. The zero-order chi connectivity index (χ0) is 20.8. The normalized spacial score (nSPS) is 10.5. The first-order chi connectivity index (χ1) is 14.0. The van der Waals surface area contributed by atoms with Crippen LogP contribution in [-0.2, 0) is 0 Å². The van der Waals surface area contributed by atoms with Crippen LogP contribution in [0.25, 0.3) is 0 Å². The van der Waals surface area contributed by atoms with Gasteiger partial charge in [0.15, 0.2) is 5.78 Å². The summed E-state index contributed by atoms with van der Waals surface area (Å²) in [6.45, 7) is 2.89. The van der Waals surface area contributed by atoms with E-state index in [1.54, 1.807) is 30.3 Å². The van der Waals surface area contributed by atoms with Gasteiger partial charge in [0.05, 0.1) is 11.1 Å². The lowest BCUT2D eigenvalue weighted by Crippen LogP contribution is -2.18. The molecule has 5 nitrogen and oxygen atoms in total. The number of nitrogens with zero attached hydrogens (tertiary/aromatic N) is 1. The predicted octanol–water partition coefficient (Wildman–Crippen LogP) is 5.26. The molecular weight excluding hydrogens is 366 g/mol. The van der Waals surface area contributed by atoms with Gasteiger partial charge in [-0.1, -0.05) is 49.7 Å². The maximum atomic E-state index is 12.9. The van der Waals surface area contributed by atoms with Gasteiger partial charge in [0.1, 0.15) is 5.75 Å². The molecule has 2 N–H and O–H groups in total. The second kappa shape index (κ2) is 9.06. The second-order valence-electron chi connectivity index (χ2n) is 6.72. The van der Waals surface area contributed by atoms with E-state index < -0.39 is 11.8 Å². The van der Waals surface area contributed by atoms with E-state index in [1.165, 1.54) is 12.1 Å². The van der Waals surface area contributed by atoms with Crippen molar-refractivity contribution in [1.82, 2.24) is 0 Å². The van der Waals surface area contributed by atoms with Crippen molar-refractivity contribution in [2.24, 2.45) is 0 Å². The number of aromatic hydroxyl groups is 1. The molecule has 0 atom stereocenters. The Kier molecular flexibility index (Phi) is 6.29. The summed E-state index contributed by atoms with van der Waals surface area (Å²) < 4.78 is 0. The van der Waals surface area contributed by atoms with Crippen molar-refractivity contribution in [3.8, 4) is 5.75 Å². The average Bonchev–Trinajstić information content (AvgIpc) is 2.74. The van der Waals surface area contributed by atoms with Crippen molar-refractivity contribution >= 4 is 23.1 Å². The van der Waals surface area contributed by atoms with Crippen LogP contribution in [0.4, 0.5) is 11.4 Å². The highest BCUT2D eigenvalue weighted by atomic mass is 16.4. The predicted molar refractivity (Wildman–Crippen MR) is 113 cm³/mol. The minimum Gasteiger partial charge on any atom is -0.507 e. The van der Waals surface area contributed by atoms with Gasteiger partial charge < -0.3 is 15.1 Å². The molecule has 3 rings (SSSR count). The molecule has 0 spiro atoms. The summed E-state index contributed by atoms with van der Waals surface area (Å²) in [4.78, 5) is 26.4. The van der Waals surface area contributed by atoms with Crippen molar-refractivity contribution in [2.45, 2.75) is 19.8 Å². The van der Waals surface area contributed by atoms with E-state index in [1.807, 2.05) is 30.3 Å². The highest BCUT2D eigenvalue weighted by Gasteiger charge is 2.21. The summed E-state index contributed by atoms with van der Waals surface area (Å²) >= 11 is 0. The molecule has 0 saturated carbocycles. The summed E-state index contributed by atoms with van der Waals surface area (Å²) in [7, 11) is 0. The molecule has 0 aromatic heterocycles. The van der Waals surface area contributed by atoms with Crippen LogP contribution in [0.5, 0.6) is 5.75 Å². The molecule has 0 amide bonds. The van der Waals surface area contributed by atoms with Gasteiger partial charge in [0.25, 0.3) is 0 Å². The van der Waals surface area contributed by atoms with Crippen LogP contribution in [-0.4, -0.2) is 28.5 Å². The first-order valence-corrected chi connectivity index (χ1v) is 9.55. The number of para-hydroxylation sites is 1. The van der Waals surface area contributed by atoms with Crippen LogP contribution < -0.4 is 4.90 Å². The lowest BCUT2D eigenvalue weighted by molar-refractivity contribution is 0.0692. The van der Waals surface area contributed by atoms with Crippen molar-refractivity contribution in [3.05, 3.63) is 89.5 Å². The van der Waals surface area contributed by atoms with Crippen LogP contribution in [0.15, 0.2) is 72.8 Å². The van der Waals surface area contributed by atoms with Crippen LogP contribution >= 0.6 is 0 Å². The number of aromatic carboxylic acids is 1. The van der Waals surface area contributed by atoms with Gasteiger partial charge >= 0.3 is 5.97 Å². The number of ketones is 1. The third kappa shape index (κ3) is 4.46. The molecule has 3 aromatic carbocycles. The van der Waals surface area contributed by atoms with Crippen molar-refractivity contribution in [2.75, 3.05) is 11.4 Å². The van der Waals surface area contributed by atoms with Gasteiger partial charge in [-0.3, -0.25) is 4.79 Å². The number of phenolic OH excluding ortho intramolecular Hbond substituents is 1. The number of carboxylic acids is 1. The fourth-order valence-corrected chi connectivity index (χ4v) is 3.22. The van der Waals surface area contributed by atoms with Gasteiger partial charge in [0, 0.05) is 29.5 Å². The highest BCUT2D eigenvalue weighted by molar-refractivity contribution is 6.15. The van der Waals surface area contributed by atoms with E-state index in [4.69, 9.17) is 0 Å². The van der Waals surface area contributed by atoms with Crippen molar-refractivity contribution in [3.63, 3.8) is 0 Å². The first-order valence-electron chi connectivity index (χ1n) is 9.55. The summed E-state index contributed by atoms with van der Waals surface area (Å²) in [5, 5.41) is 19.9. The lowest BCUT2D eigenvalue weighted by atomic mass is 9.97. The van der Waals surface area contributed by atoms with Crippen LogP contribution in [0.3, 0.4) is 0 Å². The van der Waals surface area contributed by atoms with E-state index in [0.29, 0.717) is 0 Å². The topological polar surface area (TPSA) is 77.8 Å². The Hall–Kier alpha value is -3.60. The van der Waals surface area contributed by atoms with Gasteiger partial charge in [-0.05, 0) is 36.8 Å². The SMILES string of the molecule is CCCCN(c1ccccc1)c1ccc(C(=O)c2ccccc2C(=O)O)c(O)c1. The Morgan fingerprint density at radius 2 is 1.48 bits per heavy atom. The smallest absolute Gasteiger partial charge is 0.336 e. The van der Waals surface area contributed by atoms with Crippen LogP contribution in [0.2, 0.25) is 0 Å². The summed E-state index contributed by atoms with van der Waals surface area (Å²) in [6, 6.07) is 20.7. The number of hydrogen-bond acceptors (Lipinski definition) is 4. The zero-order valence-electron chi connectivity index (χ0n) is 16.2. The van der Waals surface area contributed by atoms with E-state index in [2.05, 4.69) is 11.8 Å². The molecule has 0 aliphatic rings. The number of phenols is 1. The van der Waals surface area contributed by atoms with Gasteiger partial charge in [-0.2, -0.15) is 0 Å². The quantitative estimate of drug-likeness (QED) is 0.514. The molecule has 0 aliphatic carbocycles. The Labute approximate surface area is 169 Å². The molecule has 148 valence electrons. The lowest BCUT2D eigenvalue weighted by Gasteiger charge is -2.25. The Bertz CT molecular complexity index is 1010. The third-order valence-electron chi connectivity index (χ3n) is 4.74. The number of unbranched alkanes of at least 4 members (excludes halogenated alkanes) is 1. The highest BCUT2D eigenvalue weighted by Crippen LogP contribution is 2.32. The Morgan fingerprint density at radius 1 is 0.828 bits per heavy atom.